The molecule has 2 atom stereocenters. The van der Waals surface area contributed by atoms with Crippen LogP contribution in [0.5, 0.6) is 0 Å². The summed E-state index contributed by atoms with van der Waals surface area (Å²) in [7, 11) is 0. The first kappa shape index (κ1) is 30.9. The van der Waals surface area contributed by atoms with Crippen molar-refractivity contribution < 1.29 is 18.2 Å². The van der Waals surface area contributed by atoms with Crippen molar-refractivity contribution >= 4 is 0 Å². The van der Waals surface area contributed by atoms with Crippen LogP contribution in [-0.4, -0.2) is 30.3 Å². The molecule has 0 radical (unpaired) electrons. The second-order valence-electron chi connectivity index (χ2n) is 7.68. The van der Waals surface area contributed by atoms with E-state index < -0.39 is 0 Å². The van der Waals surface area contributed by atoms with Crippen molar-refractivity contribution in [3.05, 3.63) is 16.6 Å². The van der Waals surface area contributed by atoms with Gasteiger partial charge in [-0.3, -0.25) is 0 Å². The Hall–Kier alpha value is 0.208. The van der Waals surface area contributed by atoms with Crippen molar-refractivity contribution in [2.45, 2.75) is 133 Å². The van der Waals surface area contributed by atoms with E-state index in [9.17, 15) is 0 Å². The fourth-order valence-corrected chi connectivity index (χ4v) is 2.93. The average molecular weight is 452 g/mol. The molecule has 0 aliphatic carbocycles. The summed E-state index contributed by atoms with van der Waals surface area (Å²) in [5.74, 6) is 1.42. The minimum absolute atomic E-state index is 0.218. The molecular formula is C21H47MoN4-3. The second-order valence-corrected chi connectivity index (χ2v) is 9.12. The van der Waals surface area contributed by atoms with Crippen molar-refractivity contribution in [2.24, 2.45) is 6.99 Å². The van der Waals surface area contributed by atoms with E-state index in [1.807, 2.05) is 0 Å². The summed E-state index contributed by atoms with van der Waals surface area (Å²) in [5, 5.41) is 8.94. The van der Waals surface area contributed by atoms with Crippen LogP contribution >= 0.6 is 0 Å². The number of hydrogen-bond acceptors (Lipinski definition) is 2. The van der Waals surface area contributed by atoms with Gasteiger partial charge < -0.3 is 16.6 Å². The Morgan fingerprint density at radius 3 is 1.19 bits per heavy atom. The van der Waals surface area contributed by atoms with Gasteiger partial charge in [-0.05, 0) is 0 Å². The van der Waals surface area contributed by atoms with E-state index in [-0.39, 0.29) is 24.4 Å². The molecule has 0 aliphatic heterocycles. The molecule has 4 nitrogen and oxygen atoms in total. The van der Waals surface area contributed by atoms with Crippen molar-refractivity contribution in [3.63, 3.8) is 0 Å². The molecule has 5 heteroatoms. The SMILES string of the molecule is CCC(C)[N]=[Mo]=[N]C(C)CC.CCC([N-]C(C)C)[N-]C(C)C.C[C-](C)C. The van der Waals surface area contributed by atoms with E-state index >= 15 is 0 Å². The molecule has 26 heavy (non-hydrogen) atoms. The maximum absolute atomic E-state index is 4.49. The van der Waals surface area contributed by atoms with Gasteiger partial charge in [0, 0.05) is 0 Å². The molecule has 0 aromatic heterocycles. The first-order valence-corrected chi connectivity index (χ1v) is 12.0. The summed E-state index contributed by atoms with van der Waals surface area (Å²) in [4.78, 5) is 0. The Kier molecular flexibility index (Phi) is 25.6. The largest absolute Gasteiger partial charge is 0.676 e. The van der Waals surface area contributed by atoms with Crippen molar-refractivity contribution in [2.75, 3.05) is 0 Å². The van der Waals surface area contributed by atoms with Gasteiger partial charge in [0.05, 0.1) is 0 Å². The molecule has 0 aromatic rings. The fraction of sp³-hybridized carbons (Fsp3) is 0.952. The Balaban J connectivity index is -0.000000338. The van der Waals surface area contributed by atoms with Crippen LogP contribution in [0.25, 0.3) is 10.6 Å². The van der Waals surface area contributed by atoms with Gasteiger partial charge in [0.2, 0.25) is 0 Å². The molecule has 0 amide bonds. The van der Waals surface area contributed by atoms with Crippen LogP contribution in [0.4, 0.5) is 0 Å². The van der Waals surface area contributed by atoms with Crippen LogP contribution in [0.2, 0.25) is 0 Å². The molecule has 160 valence electrons. The average Bonchev–Trinajstić information content (AvgIpc) is 2.52. The van der Waals surface area contributed by atoms with Crippen LogP contribution in [0.15, 0.2) is 6.99 Å². The van der Waals surface area contributed by atoms with Gasteiger partial charge in [-0.15, -0.1) is 12.1 Å². The predicted molar refractivity (Wildman–Crippen MR) is 116 cm³/mol. The summed E-state index contributed by atoms with van der Waals surface area (Å²) in [6.07, 6.45) is 3.55. The molecule has 0 heterocycles. The van der Waals surface area contributed by atoms with Gasteiger partial charge in [0.15, 0.2) is 0 Å². The Morgan fingerprint density at radius 2 is 1.00 bits per heavy atom. The molecule has 0 aliphatic rings. The molecule has 0 rings (SSSR count). The molecule has 2 unspecified atom stereocenters. The normalized spacial score (nSPS) is 12.9. The summed E-state index contributed by atoms with van der Waals surface area (Å²) in [6, 6.07) is 1.88. The van der Waals surface area contributed by atoms with Crippen LogP contribution in [0, 0.1) is 5.92 Å². The zero-order valence-corrected chi connectivity index (χ0v) is 21.7. The van der Waals surface area contributed by atoms with E-state index in [2.05, 4.69) is 101 Å². The van der Waals surface area contributed by atoms with E-state index in [0.29, 0.717) is 24.2 Å². The summed E-state index contributed by atoms with van der Waals surface area (Å²) >= 11 is -0.383. The molecule has 0 N–H and O–H groups in total. The number of rotatable bonds is 9. The minimum atomic E-state index is -0.383. The molecule has 0 fully saturated rings. The third-order valence-electron chi connectivity index (χ3n) is 2.94. The van der Waals surface area contributed by atoms with Gasteiger partial charge in [0.25, 0.3) is 0 Å². The van der Waals surface area contributed by atoms with Gasteiger partial charge in [-0.2, -0.15) is 20.8 Å². The van der Waals surface area contributed by atoms with E-state index in [4.69, 9.17) is 0 Å². The Morgan fingerprint density at radius 1 is 0.692 bits per heavy atom. The number of hydrogen-bond donors (Lipinski definition) is 0. The molecule has 0 saturated carbocycles. The van der Waals surface area contributed by atoms with Crippen LogP contribution in [-0.2, 0) is 18.2 Å². The Bertz CT molecular complexity index is 310. The fourth-order valence-electron chi connectivity index (χ4n) is 1.27. The maximum Gasteiger partial charge on any atom is -0.0684 e. The summed E-state index contributed by atoms with van der Waals surface area (Å²) in [5.41, 5.74) is 0. The van der Waals surface area contributed by atoms with Crippen LogP contribution in [0.3, 0.4) is 0 Å². The molecular weight excluding hydrogens is 404 g/mol. The zero-order chi connectivity index (χ0) is 21.1. The summed E-state index contributed by atoms with van der Waals surface area (Å²) < 4.78 is 8.99. The van der Waals surface area contributed by atoms with Gasteiger partial charge in [-0.1, -0.05) is 41.0 Å². The van der Waals surface area contributed by atoms with Gasteiger partial charge in [0.1, 0.15) is 0 Å². The Labute approximate surface area is 174 Å². The standard InChI is InChI=1S/C9H20N2.2C4H9N.C4H9.Mo/c1-6-9(10-7(2)3)11-8(4)5;2*1-3-4(2)5;1-4(2)3;/h7-9H,6H2,1-5H3;2*4H,3H2,1-2H3;1-3H3;/q-2;;;-1;. The van der Waals surface area contributed by atoms with E-state index in [1.54, 1.807) is 0 Å². The zero-order valence-electron chi connectivity index (χ0n) is 19.7. The molecule has 0 aromatic carbocycles. The van der Waals surface area contributed by atoms with E-state index in [0.717, 1.165) is 19.3 Å². The maximum atomic E-state index is 4.49. The smallest absolute Gasteiger partial charge is 0.0684 e. The molecule has 0 saturated heterocycles. The second kappa shape index (κ2) is 21.5. The van der Waals surface area contributed by atoms with Crippen molar-refractivity contribution in [3.8, 4) is 0 Å². The first-order valence-electron chi connectivity index (χ1n) is 10.2. The van der Waals surface area contributed by atoms with Crippen LogP contribution in [0.1, 0.15) is 102 Å². The quantitative estimate of drug-likeness (QED) is 0.252. The van der Waals surface area contributed by atoms with Crippen molar-refractivity contribution in [1.29, 1.82) is 0 Å². The molecule has 0 bridgehead atoms. The van der Waals surface area contributed by atoms with Crippen molar-refractivity contribution in [1.82, 2.24) is 0 Å². The topological polar surface area (TPSA) is 52.9 Å². The molecule has 0 spiro atoms. The third-order valence-corrected chi connectivity index (χ3v) is 5.17. The third kappa shape index (κ3) is 31.9. The summed E-state index contributed by atoms with van der Waals surface area (Å²) in [6.45, 7) is 25.4. The minimum Gasteiger partial charge on any atom is -0.676 e. The number of nitrogens with zero attached hydrogens (tertiary/aromatic N) is 4. The monoisotopic (exact) mass is 453 g/mol. The van der Waals surface area contributed by atoms with Gasteiger partial charge in [-0.25, -0.2) is 6.17 Å². The first-order chi connectivity index (χ1) is 12.0. The van der Waals surface area contributed by atoms with E-state index in [1.165, 1.54) is 5.92 Å². The van der Waals surface area contributed by atoms with Gasteiger partial charge >= 0.3 is 77.8 Å². The predicted octanol–water partition coefficient (Wildman–Crippen LogP) is 7.94. The van der Waals surface area contributed by atoms with Crippen LogP contribution < -0.4 is 0 Å².